The lowest BCUT2D eigenvalue weighted by atomic mass is 10.1. The molecule has 0 radical (unpaired) electrons. The van der Waals surface area contributed by atoms with E-state index in [-0.39, 0.29) is 36.0 Å². The van der Waals surface area contributed by atoms with Crippen LogP contribution in [0, 0.1) is 10.1 Å². The molecule has 1 aliphatic rings. The number of hydrogen-bond donors (Lipinski definition) is 1. The number of ketones is 1. The standard InChI is InChI=1S/C25H29N3O7/c1-27(2)13-7-10-21(29)19-14-22(33-3)23(15-20(19)28(31)32)35-17-25(11-12-25)26-24(30)34-16-18-8-5-4-6-9-18/h4-10,14-15H,11-13,16-17H2,1-3H3,(H,26,30). The van der Waals surface area contributed by atoms with Gasteiger partial charge in [0.1, 0.15) is 18.8 Å². The smallest absolute Gasteiger partial charge is 0.408 e. The number of nitro benzene ring substituents is 1. The van der Waals surface area contributed by atoms with Gasteiger partial charge in [-0.15, -0.1) is 0 Å². The maximum atomic E-state index is 12.6. The highest BCUT2D eigenvalue weighted by Gasteiger charge is 2.46. The van der Waals surface area contributed by atoms with Gasteiger partial charge in [0.25, 0.3) is 5.69 Å². The van der Waals surface area contributed by atoms with Crippen molar-refractivity contribution in [3.8, 4) is 11.5 Å². The van der Waals surface area contributed by atoms with Gasteiger partial charge in [-0.2, -0.15) is 0 Å². The minimum Gasteiger partial charge on any atom is -0.493 e. The zero-order valence-electron chi connectivity index (χ0n) is 20.0. The Morgan fingerprint density at radius 2 is 1.89 bits per heavy atom. The monoisotopic (exact) mass is 483 g/mol. The molecule has 35 heavy (non-hydrogen) atoms. The molecule has 1 amide bonds. The zero-order chi connectivity index (χ0) is 25.4. The normalized spacial score (nSPS) is 13.9. The number of carbonyl (C=O) groups is 2. The van der Waals surface area contributed by atoms with Crippen molar-refractivity contribution in [3.05, 3.63) is 75.9 Å². The number of nitrogens with one attached hydrogen (secondary N) is 1. The maximum absolute atomic E-state index is 12.6. The Labute approximate surface area is 203 Å². The second-order valence-electron chi connectivity index (χ2n) is 8.56. The van der Waals surface area contributed by atoms with Crippen molar-refractivity contribution in [1.29, 1.82) is 0 Å². The van der Waals surface area contributed by atoms with E-state index in [9.17, 15) is 19.7 Å². The summed E-state index contributed by atoms with van der Waals surface area (Å²) in [5, 5.41) is 14.5. The van der Waals surface area contributed by atoms with Crippen LogP contribution in [-0.2, 0) is 11.3 Å². The summed E-state index contributed by atoms with van der Waals surface area (Å²) in [5.74, 6) is -0.217. The van der Waals surface area contributed by atoms with Crippen LogP contribution < -0.4 is 14.8 Å². The number of hydrogen-bond acceptors (Lipinski definition) is 8. The van der Waals surface area contributed by atoms with E-state index in [1.807, 2.05) is 49.3 Å². The molecule has 1 saturated carbocycles. The minimum absolute atomic E-state index is 0.0665. The van der Waals surface area contributed by atoms with Gasteiger partial charge in [0.2, 0.25) is 0 Å². The van der Waals surface area contributed by atoms with Crippen molar-refractivity contribution in [2.24, 2.45) is 0 Å². The molecule has 1 N–H and O–H groups in total. The number of alkyl carbamates (subject to hydrolysis) is 1. The van der Waals surface area contributed by atoms with E-state index >= 15 is 0 Å². The summed E-state index contributed by atoms with van der Waals surface area (Å²) in [6.07, 6.45) is 3.70. The lowest BCUT2D eigenvalue weighted by Crippen LogP contribution is -2.41. The largest absolute Gasteiger partial charge is 0.493 e. The van der Waals surface area contributed by atoms with Gasteiger partial charge < -0.3 is 24.4 Å². The van der Waals surface area contributed by atoms with E-state index < -0.39 is 22.3 Å². The van der Waals surface area contributed by atoms with Gasteiger partial charge >= 0.3 is 6.09 Å². The number of carbonyl (C=O) groups excluding carboxylic acids is 2. The second kappa shape index (κ2) is 11.5. The molecule has 10 heteroatoms. The molecule has 0 unspecified atom stereocenters. The third kappa shape index (κ3) is 7.28. The molecule has 0 atom stereocenters. The summed E-state index contributed by atoms with van der Waals surface area (Å²) >= 11 is 0. The number of rotatable bonds is 12. The second-order valence-corrected chi connectivity index (χ2v) is 8.56. The Bertz CT molecular complexity index is 1100. The van der Waals surface area contributed by atoms with Crippen LogP contribution in [0.3, 0.4) is 0 Å². The van der Waals surface area contributed by atoms with Crippen LogP contribution in [0.5, 0.6) is 11.5 Å². The van der Waals surface area contributed by atoms with Gasteiger partial charge in [-0.05, 0) is 38.6 Å². The van der Waals surface area contributed by atoms with Crippen LogP contribution in [0.4, 0.5) is 10.5 Å². The Hall–Kier alpha value is -3.92. The number of benzene rings is 2. The van der Waals surface area contributed by atoms with Crippen LogP contribution in [0.25, 0.3) is 0 Å². The van der Waals surface area contributed by atoms with E-state index in [0.29, 0.717) is 19.4 Å². The Balaban J connectivity index is 1.67. The first-order valence-corrected chi connectivity index (χ1v) is 11.1. The highest BCUT2D eigenvalue weighted by molar-refractivity contribution is 6.08. The summed E-state index contributed by atoms with van der Waals surface area (Å²) in [6, 6.07) is 11.8. The molecule has 10 nitrogen and oxygen atoms in total. The lowest BCUT2D eigenvalue weighted by molar-refractivity contribution is -0.385. The number of nitro groups is 1. The molecule has 1 aliphatic carbocycles. The number of ether oxygens (including phenoxy) is 3. The average molecular weight is 484 g/mol. The fourth-order valence-corrected chi connectivity index (χ4v) is 3.28. The SMILES string of the molecule is COc1cc(C(=O)C=CCN(C)C)c([N+](=O)[O-])cc1OCC1(NC(=O)OCc2ccccc2)CC1. The Morgan fingerprint density at radius 3 is 2.49 bits per heavy atom. The van der Waals surface area contributed by atoms with Gasteiger partial charge in [0.05, 0.1) is 23.6 Å². The van der Waals surface area contributed by atoms with Crippen LogP contribution >= 0.6 is 0 Å². The molecule has 0 aliphatic heterocycles. The summed E-state index contributed by atoms with van der Waals surface area (Å²) < 4.78 is 16.4. The molecular weight excluding hydrogens is 454 g/mol. The molecule has 2 aromatic rings. The minimum atomic E-state index is -0.634. The number of allylic oxidation sites excluding steroid dienone is 1. The number of amides is 1. The first kappa shape index (κ1) is 25.7. The first-order chi connectivity index (χ1) is 16.7. The zero-order valence-corrected chi connectivity index (χ0v) is 20.0. The van der Waals surface area contributed by atoms with Crippen molar-refractivity contribution >= 4 is 17.6 Å². The Kier molecular flexibility index (Phi) is 8.43. The fraction of sp³-hybridized carbons (Fsp3) is 0.360. The molecule has 2 aromatic carbocycles. The van der Waals surface area contributed by atoms with Crippen LogP contribution in [-0.4, -0.2) is 61.6 Å². The predicted molar refractivity (Wildman–Crippen MR) is 129 cm³/mol. The Morgan fingerprint density at radius 1 is 1.17 bits per heavy atom. The lowest BCUT2D eigenvalue weighted by Gasteiger charge is -2.19. The molecule has 0 bridgehead atoms. The highest BCUT2D eigenvalue weighted by atomic mass is 16.6. The topological polar surface area (TPSA) is 120 Å². The van der Waals surface area contributed by atoms with Crippen molar-refractivity contribution < 1.29 is 28.7 Å². The predicted octanol–water partition coefficient (Wildman–Crippen LogP) is 3.74. The maximum Gasteiger partial charge on any atom is 0.408 e. The van der Waals surface area contributed by atoms with E-state index in [2.05, 4.69) is 5.32 Å². The molecule has 0 spiro atoms. The van der Waals surface area contributed by atoms with Crippen LogP contribution in [0.15, 0.2) is 54.6 Å². The molecule has 0 saturated heterocycles. The highest BCUT2D eigenvalue weighted by Crippen LogP contribution is 2.39. The van der Waals surface area contributed by atoms with Crippen molar-refractivity contribution in [1.82, 2.24) is 10.2 Å². The van der Waals surface area contributed by atoms with Crippen molar-refractivity contribution in [2.75, 3.05) is 34.4 Å². The van der Waals surface area contributed by atoms with Gasteiger partial charge in [-0.25, -0.2) is 4.79 Å². The first-order valence-electron chi connectivity index (χ1n) is 11.1. The molecular formula is C25H29N3O7. The summed E-state index contributed by atoms with van der Waals surface area (Å²) in [5.41, 5.74) is -0.248. The molecule has 1 fully saturated rings. The summed E-state index contributed by atoms with van der Waals surface area (Å²) in [7, 11) is 5.07. The van der Waals surface area contributed by atoms with Gasteiger partial charge in [0, 0.05) is 12.6 Å². The van der Waals surface area contributed by atoms with Crippen molar-refractivity contribution in [3.63, 3.8) is 0 Å². The molecule has 3 rings (SSSR count). The van der Waals surface area contributed by atoms with Gasteiger partial charge in [-0.3, -0.25) is 14.9 Å². The van der Waals surface area contributed by atoms with Crippen LogP contribution in [0.2, 0.25) is 0 Å². The quantitative estimate of drug-likeness (QED) is 0.210. The van der Waals surface area contributed by atoms with Crippen molar-refractivity contribution in [2.45, 2.75) is 25.0 Å². The molecule has 186 valence electrons. The summed E-state index contributed by atoms with van der Waals surface area (Å²) in [6.45, 7) is 0.722. The van der Waals surface area contributed by atoms with Gasteiger partial charge in [0.15, 0.2) is 17.3 Å². The fourth-order valence-electron chi connectivity index (χ4n) is 3.28. The van der Waals surface area contributed by atoms with E-state index in [4.69, 9.17) is 14.2 Å². The van der Waals surface area contributed by atoms with E-state index in [1.165, 1.54) is 25.3 Å². The number of methoxy groups -OCH3 is 1. The number of nitrogens with zero attached hydrogens (tertiary/aromatic N) is 2. The number of likely N-dealkylation sites (N-methyl/N-ethyl adjacent to an activating group) is 1. The van der Waals surface area contributed by atoms with E-state index in [0.717, 1.165) is 5.56 Å². The third-order valence-electron chi connectivity index (χ3n) is 5.42. The molecule has 0 aromatic heterocycles. The van der Waals surface area contributed by atoms with Gasteiger partial charge in [-0.1, -0.05) is 36.4 Å². The average Bonchev–Trinajstić information content (AvgIpc) is 3.60. The third-order valence-corrected chi connectivity index (χ3v) is 5.42. The van der Waals surface area contributed by atoms with E-state index in [1.54, 1.807) is 6.08 Å². The molecule has 0 heterocycles. The summed E-state index contributed by atoms with van der Waals surface area (Å²) in [4.78, 5) is 37.7. The van der Waals surface area contributed by atoms with Crippen LogP contribution in [0.1, 0.15) is 28.8 Å².